The first kappa shape index (κ1) is 28.1. The van der Waals surface area contributed by atoms with E-state index in [1.54, 1.807) is 38.1 Å². The maximum atomic E-state index is 13.5. The number of ether oxygens (including phenoxy) is 1. The minimum absolute atomic E-state index is 0.00108. The number of benzene rings is 2. The molecule has 0 saturated heterocycles. The van der Waals surface area contributed by atoms with Crippen molar-refractivity contribution < 1.29 is 27.1 Å². The van der Waals surface area contributed by atoms with E-state index < -0.39 is 34.3 Å². The Bertz CT molecular complexity index is 1110. The molecule has 0 aromatic heterocycles. The monoisotopic (exact) mass is 507 g/mol. The molecule has 0 aliphatic heterocycles. The van der Waals surface area contributed by atoms with Crippen LogP contribution in [0, 0.1) is 5.82 Å². The zero-order chi connectivity index (χ0) is 26.2. The number of hydrogen-bond acceptors (Lipinski definition) is 5. The van der Waals surface area contributed by atoms with E-state index in [2.05, 4.69) is 5.32 Å². The Labute approximate surface area is 207 Å². The Morgan fingerprint density at radius 1 is 1.06 bits per heavy atom. The third-order valence-electron chi connectivity index (χ3n) is 5.55. The molecule has 1 N–H and O–H groups in total. The molecule has 0 fully saturated rings. The number of para-hydroxylation sites is 2. The predicted molar refractivity (Wildman–Crippen MR) is 134 cm³/mol. The van der Waals surface area contributed by atoms with Crippen LogP contribution in [-0.4, -0.2) is 56.6 Å². The molecule has 0 aliphatic carbocycles. The number of hydrogen-bond donors (Lipinski definition) is 1. The van der Waals surface area contributed by atoms with Gasteiger partial charge in [0.15, 0.2) is 0 Å². The summed E-state index contributed by atoms with van der Waals surface area (Å²) in [7, 11) is -3.88. The highest BCUT2D eigenvalue weighted by molar-refractivity contribution is 7.92. The highest BCUT2D eigenvalue weighted by atomic mass is 32.2. The van der Waals surface area contributed by atoms with Gasteiger partial charge in [-0.2, -0.15) is 0 Å². The van der Waals surface area contributed by atoms with Gasteiger partial charge in [-0.05, 0) is 57.0 Å². The lowest BCUT2D eigenvalue weighted by atomic mass is 10.1. The number of amides is 2. The summed E-state index contributed by atoms with van der Waals surface area (Å²) in [5, 5.41) is 2.86. The summed E-state index contributed by atoms with van der Waals surface area (Å²) in [6.07, 6.45) is 1.72. The molecule has 35 heavy (non-hydrogen) atoms. The van der Waals surface area contributed by atoms with Gasteiger partial charge in [0.25, 0.3) is 0 Å². The maximum absolute atomic E-state index is 13.5. The second-order valence-corrected chi connectivity index (χ2v) is 10.2. The molecule has 8 nitrogen and oxygen atoms in total. The average Bonchev–Trinajstić information content (AvgIpc) is 2.81. The zero-order valence-electron chi connectivity index (χ0n) is 20.8. The molecule has 0 aliphatic rings. The summed E-state index contributed by atoms with van der Waals surface area (Å²) >= 11 is 0. The fourth-order valence-corrected chi connectivity index (χ4v) is 4.22. The second kappa shape index (κ2) is 12.5. The van der Waals surface area contributed by atoms with Crippen molar-refractivity contribution in [1.29, 1.82) is 0 Å². The van der Waals surface area contributed by atoms with Crippen molar-refractivity contribution in [3.63, 3.8) is 0 Å². The largest absolute Gasteiger partial charge is 0.492 e. The molecule has 0 saturated carbocycles. The SMILES string of the molecule is CCOc1ccccc1N(CC(=O)N(Cc1ccc(F)cc1)[C@H](C)C(=O)N[C@H](C)CC)S(C)(=O)=O. The summed E-state index contributed by atoms with van der Waals surface area (Å²) in [5.74, 6) is -1.06. The van der Waals surface area contributed by atoms with E-state index in [1.165, 1.54) is 29.2 Å². The maximum Gasteiger partial charge on any atom is 0.244 e. The molecule has 10 heteroatoms. The van der Waals surface area contributed by atoms with Crippen LogP contribution in [0.15, 0.2) is 48.5 Å². The zero-order valence-corrected chi connectivity index (χ0v) is 21.6. The molecule has 0 heterocycles. The van der Waals surface area contributed by atoms with Crippen LogP contribution < -0.4 is 14.4 Å². The van der Waals surface area contributed by atoms with Crippen molar-refractivity contribution in [3.8, 4) is 5.75 Å². The Morgan fingerprint density at radius 2 is 1.69 bits per heavy atom. The standard InChI is InChI=1S/C25H34FN3O5S/c1-6-18(3)27-25(31)19(4)28(16-20-12-14-21(26)15-13-20)24(30)17-29(35(5,32)33)22-10-8-9-11-23(22)34-7-2/h8-15,18-19H,6-7,16-17H2,1-5H3,(H,27,31)/t18-,19-/m1/s1. The lowest BCUT2D eigenvalue weighted by molar-refractivity contribution is -0.139. The van der Waals surface area contributed by atoms with Crippen LogP contribution in [-0.2, 0) is 26.2 Å². The van der Waals surface area contributed by atoms with E-state index in [1.807, 2.05) is 13.8 Å². The number of nitrogens with one attached hydrogen (secondary N) is 1. The molecule has 0 bridgehead atoms. The fraction of sp³-hybridized carbons (Fsp3) is 0.440. The number of carbonyl (C=O) groups excluding carboxylic acids is 2. The lowest BCUT2D eigenvalue weighted by Gasteiger charge is -2.32. The van der Waals surface area contributed by atoms with Crippen molar-refractivity contribution in [2.75, 3.05) is 23.7 Å². The van der Waals surface area contributed by atoms with Crippen LogP contribution in [0.25, 0.3) is 0 Å². The van der Waals surface area contributed by atoms with Gasteiger partial charge in [0, 0.05) is 12.6 Å². The molecule has 2 rings (SSSR count). The summed E-state index contributed by atoms with van der Waals surface area (Å²) in [4.78, 5) is 27.7. The molecule has 2 aromatic carbocycles. The van der Waals surface area contributed by atoms with Gasteiger partial charge in [-0.3, -0.25) is 13.9 Å². The van der Waals surface area contributed by atoms with Crippen molar-refractivity contribution in [1.82, 2.24) is 10.2 Å². The van der Waals surface area contributed by atoms with Gasteiger partial charge in [0.2, 0.25) is 21.8 Å². The van der Waals surface area contributed by atoms with Gasteiger partial charge >= 0.3 is 0 Å². The third kappa shape index (κ3) is 7.95. The summed E-state index contributed by atoms with van der Waals surface area (Å²) in [6, 6.07) is 11.1. The van der Waals surface area contributed by atoms with Crippen LogP contribution in [0.4, 0.5) is 10.1 Å². The number of carbonyl (C=O) groups is 2. The Morgan fingerprint density at radius 3 is 2.26 bits per heavy atom. The van der Waals surface area contributed by atoms with E-state index in [-0.39, 0.29) is 24.2 Å². The molecular weight excluding hydrogens is 473 g/mol. The van der Waals surface area contributed by atoms with E-state index in [4.69, 9.17) is 4.74 Å². The molecule has 0 spiro atoms. The molecule has 0 unspecified atom stereocenters. The van der Waals surface area contributed by atoms with E-state index in [0.717, 1.165) is 10.6 Å². The average molecular weight is 508 g/mol. The van der Waals surface area contributed by atoms with Crippen molar-refractivity contribution in [2.45, 2.75) is 52.7 Å². The van der Waals surface area contributed by atoms with Gasteiger partial charge in [0.1, 0.15) is 24.2 Å². The first-order chi connectivity index (χ1) is 16.5. The Hall–Kier alpha value is -3.14. The first-order valence-corrected chi connectivity index (χ1v) is 13.4. The summed E-state index contributed by atoms with van der Waals surface area (Å²) in [6.45, 7) is 6.91. The van der Waals surface area contributed by atoms with Gasteiger partial charge in [-0.15, -0.1) is 0 Å². The molecule has 0 radical (unpaired) electrons. The second-order valence-electron chi connectivity index (χ2n) is 8.31. The molecule has 192 valence electrons. The highest BCUT2D eigenvalue weighted by Crippen LogP contribution is 2.30. The van der Waals surface area contributed by atoms with Crippen LogP contribution in [0.3, 0.4) is 0 Å². The topological polar surface area (TPSA) is 96.0 Å². The Kier molecular flexibility index (Phi) is 10.1. The molecular formula is C25H34FN3O5S. The molecule has 2 aromatic rings. The van der Waals surface area contributed by atoms with Crippen LogP contribution >= 0.6 is 0 Å². The number of sulfonamides is 1. The Balaban J connectivity index is 2.42. The molecule has 2 atom stereocenters. The summed E-state index contributed by atoms with van der Waals surface area (Å²) < 4.78 is 45.4. The van der Waals surface area contributed by atoms with Crippen LogP contribution in [0.2, 0.25) is 0 Å². The predicted octanol–water partition coefficient (Wildman–Crippen LogP) is 3.32. The number of nitrogens with zero attached hydrogens (tertiary/aromatic N) is 2. The van der Waals surface area contributed by atoms with Crippen LogP contribution in [0.1, 0.15) is 39.7 Å². The van der Waals surface area contributed by atoms with E-state index >= 15 is 0 Å². The third-order valence-corrected chi connectivity index (χ3v) is 6.67. The van der Waals surface area contributed by atoms with E-state index in [0.29, 0.717) is 24.3 Å². The highest BCUT2D eigenvalue weighted by Gasteiger charge is 2.31. The van der Waals surface area contributed by atoms with Gasteiger partial charge in [0.05, 0.1) is 18.6 Å². The lowest BCUT2D eigenvalue weighted by Crippen LogP contribution is -2.52. The minimum atomic E-state index is -3.88. The smallest absolute Gasteiger partial charge is 0.244 e. The van der Waals surface area contributed by atoms with Crippen molar-refractivity contribution in [2.24, 2.45) is 0 Å². The van der Waals surface area contributed by atoms with Gasteiger partial charge in [-0.1, -0.05) is 31.2 Å². The minimum Gasteiger partial charge on any atom is -0.492 e. The van der Waals surface area contributed by atoms with Crippen molar-refractivity contribution in [3.05, 3.63) is 59.9 Å². The number of rotatable bonds is 12. The van der Waals surface area contributed by atoms with Gasteiger partial charge < -0.3 is 15.0 Å². The number of anilines is 1. The van der Waals surface area contributed by atoms with Gasteiger partial charge in [-0.25, -0.2) is 12.8 Å². The quantitative estimate of drug-likeness (QED) is 0.476. The fourth-order valence-electron chi connectivity index (χ4n) is 3.37. The molecule has 2 amide bonds. The first-order valence-electron chi connectivity index (χ1n) is 11.5. The van der Waals surface area contributed by atoms with Crippen LogP contribution in [0.5, 0.6) is 5.75 Å². The normalized spacial score (nSPS) is 13.0. The summed E-state index contributed by atoms with van der Waals surface area (Å²) in [5.41, 5.74) is 0.826. The van der Waals surface area contributed by atoms with E-state index in [9.17, 15) is 22.4 Å². The number of halogens is 1. The van der Waals surface area contributed by atoms with Crippen molar-refractivity contribution >= 4 is 27.5 Å².